The van der Waals surface area contributed by atoms with Gasteiger partial charge in [-0.3, -0.25) is 4.79 Å². The van der Waals surface area contributed by atoms with Gasteiger partial charge in [-0.05, 0) is 37.1 Å². The zero-order valence-electron chi connectivity index (χ0n) is 18.0. The Balaban J connectivity index is 1.43. The average Bonchev–Trinajstić information content (AvgIpc) is 3.24. The van der Waals surface area contributed by atoms with Crippen LogP contribution in [-0.4, -0.2) is 31.1 Å². The second kappa shape index (κ2) is 10.8. The Morgan fingerprint density at radius 1 is 0.833 bits per heavy atom. The molecule has 4 N–H and O–H groups in total. The van der Waals surface area contributed by atoms with Gasteiger partial charge < -0.3 is 20.9 Å². The number of quaternary nitrogens is 1. The molecular formula is C24H33N4O2+. The van der Waals surface area contributed by atoms with Gasteiger partial charge in [-0.2, -0.15) is 0 Å². The van der Waals surface area contributed by atoms with Gasteiger partial charge in [0.15, 0.2) is 0 Å². The summed E-state index contributed by atoms with van der Waals surface area (Å²) in [4.78, 5) is 25.7. The fourth-order valence-corrected chi connectivity index (χ4v) is 3.67. The number of nitrogens with one attached hydrogen (secondary N) is 4. The molecule has 0 bridgehead atoms. The maximum Gasteiger partial charge on any atom is 0.315 e. The van der Waals surface area contributed by atoms with Gasteiger partial charge in [0, 0.05) is 43.1 Å². The number of carbonyl (C=O) groups is 2. The van der Waals surface area contributed by atoms with Gasteiger partial charge in [0.25, 0.3) is 5.91 Å². The first-order valence-electron chi connectivity index (χ1n) is 10.8. The molecule has 6 nitrogen and oxygen atoms in total. The number of hydrogen-bond acceptors (Lipinski definition) is 2. The summed E-state index contributed by atoms with van der Waals surface area (Å²) in [5, 5.41) is 8.56. The first kappa shape index (κ1) is 21.8. The number of carbonyl (C=O) groups excluding carboxylic acids is 2. The molecule has 0 unspecified atom stereocenters. The molecule has 6 heteroatoms. The predicted molar refractivity (Wildman–Crippen MR) is 118 cm³/mol. The summed E-state index contributed by atoms with van der Waals surface area (Å²) in [6.45, 7) is 8.40. The maximum absolute atomic E-state index is 12.4. The van der Waals surface area contributed by atoms with E-state index >= 15 is 0 Å². The molecule has 1 aliphatic heterocycles. The lowest BCUT2D eigenvalue weighted by Crippen LogP contribution is -3.08. The third-order valence-electron chi connectivity index (χ3n) is 5.33. The normalized spacial score (nSPS) is 14.0. The largest absolute Gasteiger partial charge is 0.348 e. The van der Waals surface area contributed by atoms with E-state index in [0.717, 1.165) is 17.7 Å². The quantitative estimate of drug-likeness (QED) is 0.538. The summed E-state index contributed by atoms with van der Waals surface area (Å²) in [6.07, 6.45) is 2.68. The molecule has 160 valence electrons. The van der Waals surface area contributed by atoms with Gasteiger partial charge in [0.2, 0.25) is 0 Å². The minimum absolute atomic E-state index is 0.0958. The van der Waals surface area contributed by atoms with E-state index in [1.807, 2.05) is 26.0 Å². The van der Waals surface area contributed by atoms with Gasteiger partial charge in [0.1, 0.15) is 6.54 Å². The van der Waals surface area contributed by atoms with Crippen LogP contribution in [0.4, 0.5) is 4.79 Å². The maximum atomic E-state index is 12.4. The standard InChI is InChI=1S/C24H32N4O2/c1-18(2)27-24(30)26-16-20-9-11-22(12-10-20)23(29)25-15-19-5-7-21(8-6-19)17-28-13-3-4-14-28/h5-12,18H,3-4,13-17H2,1-2H3,(H,25,29)(H2,26,27,30)/p+1. The van der Waals surface area contributed by atoms with Crippen molar-refractivity contribution < 1.29 is 14.5 Å². The highest BCUT2D eigenvalue weighted by Crippen LogP contribution is 2.07. The summed E-state index contributed by atoms with van der Waals surface area (Å²) >= 11 is 0. The van der Waals surface area contributed by atoms with Crippen LogP contribution < -0.4 is 20.9 Å². The Kier molecular flexibility index (Phi) is 7.85. The Morgan fingerprint density at radius 2 is 1.37 bits per heavy atom. The van der Waals surface area contributed by atoms with Crippen LogP contribution in [0, 0.1) is 0 Å². The summed E-state index contributed by atoms with van der Waals surface area (Å²) in [7, 11) is 0. The van der Waals surface area contributed by atoms with Crippen molar-refractivity contribution in [1.29, 1.82) is 0 Å². The number of benzene rings is 2. The molecule has 0 spiro atoms. The van der Waals surface area contributed by atoms with E-state index in [9.17, 15) is 9.59 Å². The van der Waals surface area contributed by atoms with Crippen molar-refractivity contribution in [2.75, 3.05) is 13.1 Å². The van der Waals surface area contributed by atoms with Crippen molar-refractivity contribution in [1.82, 2.24) is 16.0 Å². The minimum Gasteiger partial charge on any atom is -0.348 e. The molecule has 0 atom stereocenters. The van der Waals surface area contributed by atoms with E-state index < -0.39 is 0 Å². The summed E-state index contributed by atoms with van der Waals surface area (Å²) in [5.74, 6) is -0.0994. The van der Waals surface area contributed by atoms with E-state index in [0.29, 0.717) is 18.7 Å². The molecule has 2 aromatic carbocycles. The highest BCUT2D eigenvalue weighted by Gasteiger charge is 2.15. The van der Waals surface area contributed by atoms with E-state index in [-0.39, 0.29) is 18.0 Å². The van der Waals surface area contributed by atoms with Crippen LogP contribution in [0.1, 0.15) is 53.7 Å². The molecule has 3 rings (SSSR count). The van der Waals surface area contributed by atoms with Gasteiger partial charge >= 0.3 is 6.03 Å². The smallest absolute Gasteiger partial charge is 0.315 e. The highest BCUT2D eigenvalue weighted by molar-refractivity contribution is 5.94. The molecule has 0 radical (unpaired) electrons. The number of amides is 3. The second-order valence-electron chi connectivity index (χ2n) is 8.31. The highest BCUT2D eigenvalue weighted by atomic mass is 16.2. The van der Waals surface area contributed by atoms with Crippen LogP contribution >= 0.6 is 0 Å². The summed E-state index contributed by atoms with van der Waals surface area (Å²) in [6, 6.07) is 15.7. The molecule has 1 aliphatic rings. The molecule has 2 aromatic rings. The molecule has 0 aromatic heterocycles. The van der Waals surface area contributed by atoms with Crippen LogP contribution in [0.25, 0.3) is 0 Å². The zero-order chi connectivity index (χ0) is 21.3. The van der Waals surface area contributed by atoms with Crippen LogP contribution in [0.5, 0.6) is 0 Å². The zero-order valence-corrected chi connectivity index (χ0v) is 18.0. The van der Waals surface area contributed by atoms with Crippen molar-refractivity contribution in [3.8, 4) is 0 Å². The van der Waals surface area contributed by atoms with Crippen LogP contribution in [0.2, 0.25) is 0 Å². The van der Waals surface area contributed by atoms with Gasteiger partial charge in [-0.25, -0.2) is 4.79 Å². The number of likely N-dealkylation sites (tertiary alicyclic amines) is 1. The number of hydrogen-bond donors (Lipinski definition) is 4. The topological polar surface area (TPSA) is 74.7 Å². The molecule has 30 heavy (non-hydrogen) atoms. The van der Waals surface area contributed by atoms with Crippen molar-refractivity contribution in [2.45, 2.75) is 52.4 Å². The van der Waals surface area contributed by atoms with Crippen molar-refractivity contribution in [3.05, 3.63) is 70.8 Å². The van der Waals surface area contributed by atoms with Gasteiger partial charge in [-0.1, -0.05) is 36.4 Å². The number of rotatable bonds is 8. The molecule has 1 fully saturated rings. The molecule has 3 amide bonds. The van der Waals surface area contributed by atoms with Crippen LogP contribution in [-0.2, 0) is 19.6 Å². The first-order chi connectivity index (χ1) is 14.5. The van der Waals surface area contributed by atoms with E-state index in [1.165, 1.54) is 31.5 Å². The fourth-order valence-electron chi connectivity index (χ4n) is 3.67. The second-order valence-corrected chi connectivity index (χ2v) is 8.31. The first-order valence-corrected chi connectivity index (χ1v) is 10.8. The van der Waals surface area contributed by atoms with Crippen LogP contribution in [0.3, 0.4) is 0 Å². The third-order valence-corrected chi connectivity index (χ3v) is 5.33. The van der Waals surface area contributed by atoms with Crippen molar-refractivity contribution in [2.24, 2.45) is 0 Å². The Bertz CT molecular complexity index is 825. The molecule has 1 saturated heterocycles. The van der Waals surface area contributed by atoms with E-state index in [2.05, 4.69) is 40.2 Å². The SMILES string of the molecule is CC(C)NC(=O)NCc1ccc(C(=O)NCc2ccc(C[NH+]3CCCC3)cc2)cc1. The van der Waals surface area contributed by atoms with E-state index in [4.69, 9.17) is 0 Å². The van der Waals surface area contributed by atoms with E-state index in [1.54, 1.807) is 17.0 Å². The molecular weight excluding hydrogens is 376 g/mol. The molecule has 1 heterocycles. The summed E-state index contributed by atoms with van der Waals surface area (Å²) < 4.78 is 0. The predicted octanol–water partition coefficient (Wildman–Crippen LogP) is 2.00. The van der Waals surface area contributed by atoms with Gasteiger partial charge in [0.05, 0.1) is 13.1 Å². The minimum atomic E-state index is -0.195. The molecule has 0 saturated carbocycles. The van der Waals surface area contributed by atoms with Crippen molar-refractivity contribution in [3.63, 3.8) is 0 Å². The molecule has 0 aliphatic carbocycles. The lowest BCUT2D eigenvalue weighted by molar-refractivity contribution is -0.901. The van der Waals surface area contributed by atoms with Crippen molar-refractivity contribution >= 4 is 11.9 Å². The lowest BCUT2D eigenvalue weighted by atomic mass is 10.1. The fraction of sp³-hybridized carbons (Fsp3) is 0.417. The monoisotopic (exact) mass is 409 g/mol. The lowest BCUT2D eigenvalue weighted by Gasteiger charge is -2.12. The van der Waals surface area contributed by atoms with Gasteiger partial charge in [-0.15, -0.1) is 0 Å². The summed E-state index contributed by atoms with van der Waals surface area (Å²) in [5.41, 5.74) is 4.01. The Hall–Kier alpha value is -2.86. The number of urea groups is 1. The Morgan fingerprint density at radius 3 is 1.97 bits per heavy atom. The Labute approximate surface area is 179 Å². The third kappa shape index (κ3) is 6.88. The average molecular weight is 410 g/mol. The van der Waals surface area contributed by atoms with Crippen LogP contribution in [0.15, 0.2) is 48.5 Å².